The molecule has 3 aromatic rings. The van der Waals surface area contributed by atoms with E-state index < -0.39 is 0 Å². The SMILES string of the molecule is Nc1cc(N)nc(SCC(=O)Nc2ccccc2C(=O)NCc2ccccc2)n1. The number of anilines is 3. The average molecular weight is 408 g/mol. The molecule has 1 aromatic heterocycles. The van der Waals surface area contributed by atoms with E-state index in [9.17, 15) is 9.59 Å². The summed E-state index contributed by atoms with van der Waals surface area (Å²) in [6.07, 6.45) is 0. The lowest BCUT2D eigenvalue weighted by Crippen LogP contribution is -2.25. The molecule has 0 bridgehead atoms. The molecule has 0 spiro atoms. The maximum absolute atomic E-state index is 12.6. The first kappa shape index (κ1) is 20.2. The summed E-state index contributed by atoms with van der Waals surface area (Å²) in [5.41, 5.74) is 13.0. The van der Waals surface area contributed by atoms with Crippen molar-refractivity contribution >= 4 is 40.9 Å². The molecule has 0 fully saturated rings. The fourth-order valence-electron chi connectivity index (χ4n) is 2.51. The molecule has 0 aliphatic heterocycles. The molecule has 29 heavy (non-hydrogen) atoms. The van der Waals surface area contributed by atoms with Crippen LogP contribution in [-0.4, -0.2) is 27.5 Å². The van der Waals surface area contributed by atoms with Crippen molar-refractivity contribution in [1.29, 1.82) is 0 Å². The van der Waals surface area contributed by atoms with Gasteiger partial charge < -0.3 is 22.1 Å². The molecule has 6 N–H and O–H groups in total. The largest absolute Gasteiger partial charge is 0.383 e. The van der Waals surface area contributed by atoms with Gasteiger partial charge >= 0.3 is 0 Å². The summed E-state index contributed by atoms with van der Waals surface area (Å²) in [5.74, 6) is -0.0583. The van der Waals surface area contributed by atoms with Gasteiger partial charge in [0, 0.05) is 12.6 Å². The summed E-state index contributed by atoms with van der Waals surface area (Å²) in [6, 6.07) is 17.8. The highest BCUT2D eigenvalue weighted by atomic mass is 32.2. The number of nitrogens with two attached hydrogens (primary N) is 2. The number of amides is 2. The predicted molar refractivity (Wildman–Crippen MR) is 114 cm³/mol. The highest BCUT2D eigenvalue weighted by molar-refractivity contribution is 7.99. The molecule has 0 radical (unpaired) electrons. The number of carbonyl (C=O) groups excluding carboxylic acids is 2. The summed E-state index contributed by atoms with van der Waals surface area (Å²) in [6.45, 7) is 0.395. The Hall–Kier alpha value is -3.59. The van der Waals surface area contributed by atoms with Crippen LogP contribution in [0.25, 0.3) is 0 Å². The number of nitrogen functional groups attached to an aromatic ring is 2. The zero-order valence-electron chi connectivity index (χ0n) is 15.5. The zero-order chi connectivity index (χ0) is 20.6. The van der Waals surface area contributed by atoms with Crippen molar-refractivity contribution in [2.45, 2.75) is 11.7 Å². The molecule has 0 unspecified atom stereocenters. The van der Waals surface area contributed by atoms with Crippen LogP contribution >= 0.6 is 11.8 Å². The van der Waals surface area contributed by atoms with Crippen molar-refractivity contribution in [3.8, 4) is 0 Å². The lowest BCUT2D eigenvalue weighted by Gasteiger charge is -2.11. The average Bonchev–Trinajstić information content (AvgIpc) is 2.71. The molecule has 9 heteroatoms. The lowest BCUT2D eigenvalue weighted by molar-refractivity contribution is -0.113. The smallest absolute Gasteiger partial charge is 0.253 e. The number of rotatable bonds is 7. The van der Waals surface area contributed by atoms with Gasteiger partial charge in [-0.2, -0.15) is 0 Å². The number of nitrogens with zero attached hydrogens (tertiary/aromatic N) is 2. The Kier molecular flexibility index (Phi) is 6.64. The maximum Gasteiger partial charge on any atom is 0.253 e. The molecule has 8 nitrogen and oxygen atoms in total. The number of benzene rings is 2. The first-order valence-corrected chi connectivity index (χ1v) is 9.73. The number of nitrogens with one attached hydrogen (secondary N) is 2. The van der Waals surface area contributed by atoms with Crippen molar-refractivity contribution in [1.82, 2.24) is 15.3 Å². The molecule has 0 saturated carbocycles. The molecule has 2 amide bonds. The van der Waals surface area contributed by atoms with Crippen molar-refractivity contribution in [2.24, 2.45) is 0 Å². The normalized spacial score (nSPS) is 10.3. The molecular weight excluding hydrogens is 388 g/mol. The molecule has 0 aliphatic carbocycles. The molecule has 1 heterocycles. The second kappa shape index (κ2) is 9.56. The van der Waals surface area contributed by atoms with E-state index >= 15 is 0 Å². The molecule has 148 valence electrons. The second-order valence-corrected chi connectivity index (χ2v) is 6.99. The van der Waals surface area contributed by atoms with Crippen LogP contribution in [0.4, 0.5) is 17.3 Å². The van der Waals surface area contributed by atoms with Crippen LogP contribution in [0, 0.1) is 0 Å². The topological polar surface area (TPSA) is 136 Å². The Morgan fingerprint density at radius 1 is 0.931 bits per heavy atom. The number of hydrogen-bond acceptors (Lipinski definition) is 7. The summed E-state index contributed by atoms with van der Waals surface area (Å²) in [4.78, 5) is 32.9. The van der Waals surface area contributed by atoms with E-state index in [2.05, 4.69) is 20.6 Å². The van der Waals surface area contributed by atoms with E-state index in [0.717, 1.165) is 17.3 Å². The molecule has 0 aliphatic rings. The highest BCUT2D eigenvalue weighted by Gasteiger charge is 2.14. The van der Waals surface area contributed by atoms with Gasteiger partial charge in [-0.1, -0.05) is 54.2 Å². The van der Waals surface area contributed by atoms with E-state index in [-0.39, 0.29) is 29.2 Å². The van der Waals surface area contributed by atoms with Crippen LogP contribution in [-0.2, 0) is 11.3 Å². The van der Waals surface area contributed by atoms with Gasteiger partial charge in [0.15, 0.2) is 5.16 Å². The summed E-state index contributed by atoms with van der Waals surface area (Å²) in [5, 5.41) is 5.92. The molecule has 3 rings (SSSR count). The minimum absolute atomic E-state index is 0.0445. The molecule has 0 saturated heterocycles. The van der Waals surface area contributed by atoms with E-state index in [4.69, 9.17) is 11.5 Å². The van der Waals surface area contributed by atoms with Crippen LogP contribution in [0.15, 0.2) is 65.8 Å². The number of para-hydroxylation sites is 1. The number of hydrogen-bond donors (Lipinski definition) is 4. The predicted octanol–water partition coefficient (Wildman–Crippen LogP) is 2.30. The minimum Gasteiger partial charge on any atom is -0.383 e. The first-order valence-electron chi connectivity index (χ1n) is 8.75. The van der Waals surface area contributed by atoms with Crippen molar-refractivity contribution in [3.05, 3.63) is 71.8 Å². The maximum atomic E-state index is 12.6. The van der Waals surface area contributed by atoms with Crippen LogP contribution in [0.2, 0.25) is 0 Å². The molecule has 2 aromatic carbocycles. The van der Waals surface area contributed by atoms with Gasteiger partial charge in [-0.15, -0.1) is 0 Å². The second-order valence-electron chi connectivity index (χ2n) is 6.05. The summed E-state index contributed by atoms with van der Waals surface area (Å²) >= 11 is 1.10. The molecule has 0 atom stereocenters. The van der Waals surface area contributed by atoms with Crippen LogP contribution in [0.1, 0.15) is 15.9 Å². The van der Waals surface area contributed by atoms with Gasteiger partial charge in [-0.05, 0) is 17.7 Å². The third-order valence-electron chi connectivity index (χ3n) is 3.82. The number of carbonyl (C=O) groups is 2. The first-order chi connectivity index (χ1) is 14.0. The van der Waals surface area contributed by atoms with Crippen LogP contribution in [0.3, 0.4) is 0 Å². The fourth-order valence-corrected chi connectivity index (χ4v) is 3.18. The Morgan fingerprint density at radius 3 is 2.31 bits per heavy atom. The Balaban J connectivity index is 1.60. The summed E-state index contributed by atoms with van der Waals surface area (Å²) in [7, 11) is 0. The Bertz CT molecular complexity index is 993. The van der Waals surface area contributed by atoms with E-state index in [1.165, 1.54) is 6.07 Å². The third-order valence-corrected chi connectivity index (χ3v) is 4.67. The fraction of sp³-hybridized carbons (Fsp3) is 0.100. The summed E-state index contributed by atoms with van der Waals surface area (Å²) < 4.78 is 0. The standard InChI is InChI=1S/C20H20N6O2S/c21-16-10-17(22)26-20(25-16)29-12-18(27)24-15-9-5-4-8-14(15)19(28)23-11-13-6-2-1-3-7-13/h1-10H,11-12H2,(H,23,28)(H,24,27)(H4,21,22,25,26). The van der Waals surface area contributed by atoms with Gasteiger partial charge in [-0.3, -0.25) is 9.59 Å². The third kappa shape index (κ3) is 5.94. The van der Waals surface area contributed by atoms with Gasteiger partial charge in [-0.25, -0.2) is 9.97 Å². The number of thioether (sulfide) groups is 1. The van der Waals surface area contributed by atoms with Gasteiger partial charge in [0.25, 0.3) is 5.91 Å². The van der Waals surface area contributed by atoms with Gasteiger partial charge in [0.05, 0.1) is 17.0 Å². The monoisotopic (exact) mass is 408 g/mol. The van der Waals surface area contributed by atoms with E-state index in [1.807, 2.05) is 30.3 Å². The van der Waals surface area contributed by atoms with Gasteiger partial charge in [0.2, 0.25) is 5.91 Å². The zero-order valence-corrected chi connectivity index (χ0v) is 16.3. The minimum atomic E-state index is -0.303. The van der Waals surface area contributed by atoms with Crippen LogP contribution < -0.4 is 22.1 Å². The highest BCUT2D eigenvalue weighted by Crippen LogP contribution is 2.19. The lowest BCUT2D eigenvalue weighted by atomic mass is 10.1. The number of aromatic nitrogens is 2. The van der Waals surface area contributed by atoms with E-state index in [1.54, 1.807) is 24.3 Å². The Labute approximate surface area is 172 Å². The van der Waals surface area contributed by atoms with Gasteiger partial charge in [0.1, 0.15) is 11.6 Å². The van der Waals surface area contributed by atoms with Crippen LogP contribution in [0.5, 0.6) is 0 Å². The Morgan fingerprint density at radius 2 is 1.59 bits per heavy atom. The van der Waals surface area contributed by atoms with E-state index in [0.29, 0.717) is 23.0 Å². The van der Waals surface area contributed by atoms with Crippen molar-refractivity contribution in [2.75, 3.05) is 22.5 Å². The quantitative estimate of drug-likeness (QED) is 0.348. The van der Waals surface area contributed by atoms with Crippen molar-refractivity contribution < 1.29 is 9.59 Å². The molecular formula is C20H20N6O2S. The van der Waals surface area contributed by atoms with Crippen molar-refractivity contribution in [3.63, 3.8) is 0 Å².